The van der Waals surface area contributed by atoms with Crippen LogP contribution in [0.5, 0.6) is 11.5 Å². The van der Waals surface area contributed by atoms with Crippen LogP contribution in [0.4, 0.5) is 11.4 Å². The van der Waals surface area contributed by atoms with Crippen molar-refractivity contribution in [3.8, 4) is 11.5 Å². The number of benzene rings is 2. The third-order valence-electron chi connectivity index (χ3n) is 4.27. The van der Waals surface area contributed by atoms with Gasteiger partial charge in [0.1, 0.15) is 11.5 Å². The van der Waals surface area contributed by atoms with Crippen LogP contribution >= 0.6 is 0 Å². The van der Waals surface area contributed by atoms with Gasteiger partial charge in [-0.25, -0.2) is 0 Å². The minimum absolute atomic E-state index is 0.0480. The predicted octanol–water partition coefficient (Wildman–Crippen LogP) is 3.68. The molecule has 0 saturated carbocycles. The van der Waals surface area contributed by atoms with Crippen LogP contribution < -0.4 is 20.1 Å². The molecule has 2 rings (SSSR count). The molecule has 28 heavy (non-hydrogen) atoms. The highest BCUT2D eigenvalue weighted by Gasteiger charge is 2.15. The quantitative estimate of drug-likeness (QED) is 0.366. The topological polar surface area (TPSA) is 103 Å². The summed E-state index contributed by atoms with van der Waals surface area (Å²) in [6.45, 7) is 2.48. The van der Waals surface area contributed by atoms with E-state index in [4.69, 9.17) is 9.47 Å². The maximum absolute atomic E-state index is 12.2. The molecule has 0 heterocycles. The minimum Gasteiger partial charge on any atom is -0.497 e. The summed E-state index contributed by atoms with van der Waals surface area (Å²) in [7, 11) is 3.18. The number of ether oxygens (including phenoxy) is 2. The molecule has 0 radical (unpaired) electrons. The third-order valence-corrected chi connectivity index (χ3v) is 4.27. The Morgan fingerprint density at radius 2 is 1.86 bits per heavy atom. The third kappa shape index (κ3) is 5.87. The van der Waals surface area contributed by atoms with E-state index in [2.05, 4.69) is 10.6 Å². The normalized spacial score (nSPS) is 11.4. The first-order valence-corrected chi connectivity index (χ1v) is 8.94. The molecular weight excluding hydrogens is 362 g/mol. The van der Waals surface area contributed by atoms with Gasteiger partial charge in [0.15, 0.2) is 0 Å². The monoisotopic (exact) mass is 387 g/mol. The smallest absolute Gasteiger partial charge is 0.269 e. The number of nitro groups is 1. The maximum atomic E-state index is 12.2. The van der Waals surface area contributed by atoms with Gasteiger partial charge in [-0.1, -0.05) is 0 Å². The second-order valence-corrected chi connectivity index (χ2v) is 6.23. The van der Waals surface area contributed by atoms with Crippen molar-refractivity contribution < 1.29 is 19.2 Å². The van der Waals surface area contributed by atoms with E-state index in [1.165, 1.54) is 12.1 Å². The molecule has 0 aliphatic heterocycles. The zero-order valence-electron chi connectivity index (χ0n) is 16.2. The molecule has 2 aromatic rings. The first kappa shape index (κ1) is 21.0. The fourth-order valence-corrected chi connectivity index (χ4v) is 2.75. The van der Waals surface area contributed by atoms with E-state index in [1.54, 1.807) is 32.4 Å². The number of nitro benzene ring substituents is 1. The van der Waals surface area contributed by atoms with Crippen molar-refractivity contribution in [2.75, 3.05) is 26.1 Å². The van der Waals surface area contributed by atoms with Gasteiger partial charge in [-0.3, -0.25) is 14.9 Å². The summed E-state index contributed by atoms with van der Waals surface area (Å²) < 4.78 is 10.6. The number of rotatable bonds is 10. The van der Waals surface area contributed by atoms with Gasteiger partial charge in [-0.05, 0) is 43.7 Å². The molecule has 1 atom stereocenters. The lowest BCUT2D eigenvalue weighted by Crippen LogP contribution is -2.27. The molecule has 8 nitrogen and oxygen atoms in total. The maximum Gasteiger partial charge on any atom is 0.269 e. The first-order chi connectivity index (χ1) is 13.4. The summed E-state index contributed by atoms with van der Waals surface area (Å²) in [6.07, 6.45) is 0.987. The van der Waals surface area contributed by atoms with E-state index in [-0.39, 0.29) is 17.6 Å². The highest BCUT2D eigenvalue weighted by molar-refractivity contribution is 5.76. The largest absolute Gasteiger partial charge is 0.497 e. The van der Waals surface area contributed by atoms with Gasteiger partial charge in [-0.2, -0.15) is 0 Å². The molecule has 1 amide bonds. The summed E-state index contributed by atoms with van der Waals surface area (Å²) in [5.74, 6) is 1.32. The van der Waals surface area contributed by atoms with Crippen molar-refractivity contribution in [2.45, 2.75) is 25.8 Å². The Hall–Kier alpha value is -3.29. The zero-order chi connectivity index (χ0) is 20.5. The lowest BCUT2D eigenvalue weighted by Gasteiger charge is -2.18. The van der Waals surface area contributed by atoms with Crippen molar-refractivity contribution in [3.05, 3.63) is 58.1 Å². The Labute approximate surface area is 164 Å². The van der Waals surface area contributed by atoms with Crippen LogP contribution in [0, 0.1) is 10.1 Å². The molecule has 2 aromatic carbocycles. The van der Waals surface area contributed by atoms with Crippen LogP contribution in [-0.2, 0) is 4.79 Å². The summed E-state index contributed by atoms with van der Waals surface area (Å²) >= 11 is 0. The van der Waals surface area contributed by atoms with Crippen molar-refractivity contribution >= 4 is 17.3 Å². The van der Waals surface area contributed by atoms with E-state index in [9.17, 15) is 14.9 Å². The molecule has 0 bridgehead atoms. The summed E-state index contributed by atoms with van der Waals surface area (Å²) in [4.78, 5) is 22.4. The first-order valence-electron chi connectivity index (χ1n) is 8.94. The average molecular weight is 387 g/mol. The Morgan fingerprint density at radius 3 is 2.46 bits per heavy atom. The fourth-order valence-electron chi connectivity index (χ4n) is 2.75. The number of nitrogens with zero attached hydrogens (tertiary/aromatic N) is 1. The predicted molar refractivity (Wildman–Crippen MR) is 107 cm³/mol. The van der Waals surface area contributed by atoms with Gasteiger partial charge in [-0.15, -0.1) is 0 Å². The van der Waals surface area contributed by atoms with Crippen LogP contribution in [0.15, 0.2) is 42.5 Å². The highest BCUT2D eigenvalue weighted by atomic mass is 16.6. The molecule has 0 saturated heterocycles. The van der Waals surface area contributed by atoms with E-state index in [0.29, 0.717) is 30.9 Å². The molecule has 0 aliphatic carbocycles. The molecule has 0 spiro atoms. The number of amides is 1. The van der Waals surface area contributed by atoms with E-state index in [0.717, 1.165) is 11.3 Å². The lowest BCUT2D eigenvalue weighted by molar-refractivity contribution is -0.384. The van der Waals surface area contributed by atoms with Crippen molar-refractivity contribution in [1.29, 1.82) is 0 Å². The highest BCUT2D eigenvalue weighted by Crippen LogP contribution is 2.29. The number of nitrogens with one attached hydrogen (secondary N) is 2. The van der Waals surface area contributed by atoms with Crippen LogP contribution in [0.25, 0.3) is 0 Å². The Kier molecular flexibility index (Phi) is 7.62. The van der Waals surface area contributed by atoms with Gasteiger partial charge in [0.25, 0.3) is 5.69 Å². The van der Waals surface area contributed by atoms with Gasteiger partial charge >= 0.3 is 0 Å². The van der Waals surface area contributed by atoms with E-state index >= 15 is 0 Å². The summed E-state index contributed by atoms with van der Waals surface area (Å²) in [5, 5.41) is 16.7. The summed E-state index contributed by atoms with van der Waals surface area (Å²) in [6, 6.07) is 11.4. The van der Waals surface area contributed by atoms with E-state index < -0.39 is 4.92 Å². The molecule has 2 N–H and O–H groups in total. The minimum atomic E-state index is -0.438. The number of methoxy groups -OCH3 is 2. The lowest BCUT2D eigenvalue weighted by atomic mass is 10.1. The van der Waals surface area contributed by atoms with Gasteiger partial charge in [0, 0.05) is 36.3 Å². The SMILES string of the molecule is COc1ccc(OC)c(C(C)NC(=O)CCCNc2ccc([N+](=O)[O-])cc2)c1. The van der Waals surface area contributed by atoms with Crippen molar-refractivity contribution in [1.82, 2.24) is 5.32 Å². The number of carbonyl (C=O) groups is 1. The molecule has 0 aliphatic rings. The van der Waals surface area contributed by atoms with Gasteiger partial charge in [0.2, 0.25) is 5.91 Å². The number of anilines is 1. The van der Waals surface area contributed by atoms with Gasteiger partial charge < -0.3 is 20.1 Å². The summed E-state index contributed by atoms with van der Waals surface area (Å²) in [5.41, 5.74) is 1.67. The Morgan fingerprint density at radius 1 is 1.14 bits per heavy atom. The molecule has 0 fully saturated rings. The standard InChI is InChI=1S/C20H25N3O5/c1-14(18-13-17(27-2)10-11-19(18)28-3)22-20(24)5-4-12-21-15-6-8-16(9-7-15)23(25)26/h6-11,13-14,21H,4-5,12H2,1-3H3,(H,22,24). The fraction of sp³-hybridized carbons (Fsp3) is 0.350. The van der Waals surface area contributed by atoms with Gasteiger partial charge in [0.05, 0.1) is 25.2 Å². The van der Waals surface area contributed by atoms with E-state index in [1.807, 2.05) is 19.1 Å². The average Bonchev–Trinajstić information content (AvgIpc) is 2.70. The van der Waals surface area contributed by atoms with Crippen LogP contribution in [0.1, 0.15) is 31.4 Å². The van der Waals surface area contributed by atoms with Crippen LogP contribution in [0.3, 0.4) is 0 Å². The number of carbonyl (C=O) groups excluding carboxylic acids is 1. The number of hydrogen-bond donors (Lipinski definition) is 2. The zero-order valence-corrected chi connectivity index (χ0v) is 16.2. The number of non-ortho nitro benzene ring substituents is 1. The van der Waals surface area contributed by atoms with Crippen LogP contribution in [-0.4, -0.2) is 31.6 Å². The Balaban J connectivity index is 1.80. The van der Waals surface area contributed by atoms with Crippen molar-refractivity contribution in [3.63, 3.8) is 0 Å². The molecule has 150 valence electrons. The molecule has 0 aromatic heterocycles. The Bertz CT molecular complexity index is 808. The second-order valence-electron chi connectivity index (χ2n) is 6.23. The molecule has 1 unspecified atom stereocenters. The van der Waals surface area contributed by atoms with Crippen LogP contribution in [0.2, 0.25) is 0 Å². The number of hydrogen-bond acceptors (Lipinski definition) is 6. The van der Waals surface area contributed by atoms with Crippen molar-refractivity contribution in [2.24, 2.45) is 0 Å². The molecule has 8 heteroatoms. The second kappa shape index (κ2) is 10.1. The molecular formula is C20H25N3O5.